The summed E-state index contributed by atoms with van der Waals surface area (Å²) in [6, 6.07) is 9.00. The van der Waals surface area contributed by atoms with Gasteiger partial charge in [0.05, 0.1) is 0 Å². The molecule has 1 N–H and O–H groups in total. The van der Waals surface area contributed by atoms with Crippen LogP contribution in [-0.4, -0.2) is 0 Å². The third-order valence-corrected chi connectivity index (χ3v) is 3.64. The van der Waals surface area contributed by atoms with Gasteiger partial charge in [-0.3, -0.25) is 0 Å². The van der Waals surface area contributed by atoms with Crippen LogP contribution in [0.3, 0.4) is 0 Å². The lowest BCUT2D eigenvalue weighted by Crippen LogP contribution is -2.18. The molecular formula is C15H13Cl2F2N. The van der Waals surface area contributed by atoms with Crippen molar-refractivity contribution in [3.05, 3.63) is 69.2 Å². The van der Waals surface area contributed by atoms with Crippen molar-refractivity contribution < 1.29 is 8.78 Å². The molecule has 0 saturated heterocycles. The van der Waals surface area contributed by atoms with E-state index >= 15 is 0 Å². The SMILES string of the molecule is CC(NCc1ccc(Cl)cc1Cl)c1ccc(F)c(F)c1. The summed E-state index contributed by atoms with van der Waals surface area (Å²) in [6.45, 7) is 2.38. The van der Waals surface area contributed by atoms with Gasteiger partial charge in [-0.1, -0.05) is 35.3 Å². The molecule has 2 aromatic carbocycles. The van der Waals surface area contributed by atoms with Crippen LogP contribution >= 0.6 is 23.2 Å². The van der Waals surface area contributed by atoms with Gasteiger partial charge in [-0.05, 0) is 42.3 Å². The van der Waals surface area contributed by atoms with Crippen LogP contribution in [0.4, 0.5) is 8.78 Å². The van der Waals surface area contributed by atoms with Crippen molar-refractivity contribution in [3.8, 4) is 0 Å². The Bertz CT molecular complexity index is 617. The second-order valence-electron chi connectivity index (χ2n) is 4.51. The van der Waals surface area contributed by atoms with E-state index in [0.717, 1.165) is 11.6 Å². The molecule has 0 bridgehead atoms. The van der Waals surface area contributed by atoms with Gasteiger partial charge in [-0.15, -0.1) is 0 Å². The maximum absolute atomic E-state index is 13.2. The summed E-state index contributed by atoms with van der Waals surface area (Å²) in [5.41, 5.74) is 1.57. The second-order valence-corrected chi connectivity index (χ2v) is 5.36. The average Bonchev–Trinajstić information content (AvgIpc) is 2.40. The Morgan fingerprint density at radius 3 is 2.45 bits per heavy atom. The van der Waals surface area contributed by atoms with Crippen LogP contribution in [0.1, 0.15) is 24.1 Å². The van der Waals surface area contributed by atoms with Gasteiger partial charge in [0.2, 0.25) is 0 Å². The molecule has 106 valence electrons. The highest BCUT2D eigenvalue weighted by atomic mass is 35.5. The molecule has 0 fully saturated rings. The molecule has 0 aliphatic rings. The van der Waals surface area contributed by atoms with E-state index in [1.165, 1.54) is 6.07 Å². The van der Waals surface area contributed by atoms with Crippen LogP contribution in [0, 0.1) is 11.6 Å². The zero-order valence-corrected chi connectivity index (χ0v) is 12.3. The Balaban J connectivity index is 2.04. The van der Waals surface area contributed by atoms with Crippen molar-refractivity contribution in [2.45, 2.75) is 19.5 Å². The molecule has 0 aliphatic carbocycles. The fraction of sp³-hybridized carbons (Fsp3) is 0.200. The normalized spacial score (nSPS) is 12.4. The van der Waals surface area contributed by atoms with Crippen molar-refractivity contribution in [2.24, 2.45) is 0 Å². The number of halogens is 4. The summed E-state index contributed by atoms with van der Waals surface area (Å²) in [5, 5.41) is 4.35. The van der Waals surface area contributed by atoms with Crippen molar-refractivity contribution >= 4 is 23.2 Å². The summed E-state index contributed by atoms with van der Waals surface area (Å²) in [7, 11) is 0. The highest BCUT2D eigenvalue weighted by Gasteiger charge is 2.10. The summed E-state index contributed by atoms with van der Waals surface area (Å²) in [5.74, 6) is -1.69. The molecule has 2 rings (SSSR count). The molecular weight excluding hydrogens is 303 g/mol. The zero-order chi connectivity index (χ0) is 14.7. The van der Waals surface area contributed by atoms with E-state index in [0.29, 0.717) is 22.2 Å². The highest BCUT2D eigenvalue weighted by molar-refractivity contribution is 6.35. The van der Waals surface area contributed by atoms with Gasteiger partial charge in [-0.25, -0.2) is 8.78 Å². The van der Waals surface area contributed by atoms with Gasteiger partial charge >= 0.3 is 0 Å². The lowest BCUT2D eigenvalue weighted by Gasteiger charge is -2.15. The topological polar surface area (TPSA) is 12.0 Å². The first-order valence-corrected chi connectivity index (χ1v) is 6.85. The van der Waals surface area contributed by atoms with Gasteiger partial charge in [0, 0.05) is 22.6 Å². The smallest absolute Gasteiger partial charge is 0.159 e. The first kappa shape index (κ1) is 15.2. The lowest BCUT2D eigenvalue weighted by atomic mass is 10.1. The summed E-state index contributed by atoms with van der Waals surface area (Å²) in [4.78, 5) is 0. The van der Waals surface area contributed by atoms with E-state index < -0.39 is 11.6 Å². The fourth-order valence-electron chi connectivity index (χ4n) is 1.83. The van der Waals surface area contributed by atoms with Crippen molar-refractivity contribution in [1.82, 2.24) is 5.32 Å². The Hall–Kier alpha value is -1.16. The van der Waals surface area contributed by atoms with Crippen LogP contribution in [-0.2, 0) is 6.54 Å². The maximum Gasteiger partial charge on any atom is 0.159 e. The van der Waals surface area contributed by atoms with Crippen LogP contribution in [0.2, 0.25) is 10.0 Å². The molecule has 0 amide bonds. The molecule has 0 radical (unpaired) electrons. The summed E-state index contributed by atoms with van der Waals surface area (Å²) in [6.07, 6.45) is 0. The maximum atomic E-state index is 13.2. The third-order valence-electron chi connectivity index (χ3n) is 3.06. The molecule has 2 aromatic rings. The molecule has 1 nitrogen and oxygen atoms in total. The van der Waals surface area contributed by atoms with E-state index in [2.05, 4.69) is 5.32 Å². The molecule has 0 aromatic heterocycles. The Labute approximate surface area is 126 Å². The minimum atomic E-state index is -0.847. The standard InChI is InChI=1S/C15H13Cl2F2N/c1-9(10-3-5-14(18)15(19)6-10)20-8-11-2-4-12(16)7-13(11)17/h2-7,9,20H,8H2,1H3. The molecule has 1 atom stereocenters. The van der Waals surface area contributed by atoms with Crippen LogP contribution in [0.15, 0.2) is 36.4 Å². The minimum absolute atomic E-state index is 0.128. The largest absolute Gasteiger partial charge is 0.306 e. The van der Waals surface area contributed by atoms with Gasteiger partial charge in [-0.2, -0.15) is 0 Å². The van der Waals surface area contributed by atoms with Gasteiger partial charge in [0.25, 0.3) is 0 Å². The van der Waals surface area contributed by atoms with Crippen LogP contribution in [0.5, 0.6) is 0 Å². The predicted molar refractivity (Wildman–Crippen MR) is 78.1 cm³/mol. The number of nitrogens with one attached hydrogen (secondary N) is 1. The van der Waals surface area contributed by atoms with Crippen LogP contribution < -0.4 is 5.32 Å². The number of rotatable bonds is 4. The first-order valence-electron chi connectivity index (χ1n) is 6.09. The Kier molecular flexibility index (Phi) is 4.97. The Morgan fingerprint density at radius 2 is 1.80 bits per heavy atom. The predicted octanol–water partition coefficient (Wildman–Crippen LogP) is 5.12. The molecule has 5 heteroatoms. The van der Waals surface area contributed by atoms with E-state index in [4.69, 9.17) is 23.2 Å². The van der Waals surface area contributed by atoms with Gasteiger partial charge in [0.1, 0.15) is 0 Å². The molecule has 1 unspecified atom stereocenters. The summed E-state index contributed by atoms with van der Waals surface area (Å²) < 4.78 is 26.1. The quantitative estimate of drug-likeness (QED) is 0.825. The molecule has 0 aliphatic heterocycles. The molecule has 0 heterocycles. The van der Waals surface area contributed by atoms with E-state index in [1.54, 1.807) is 18.2 Å². The molecule has 0 spiro atoms. The number of benzene rings is 2. The van der Waals surface area contributed by atoms with Crippen molar-refractivity contribution in [3.63, 3.8) is 0 Å². The number of hydrogen-bond acceptors (Lipinski definition) is 1. The van der Waals surface area contributed by atoms with E-state index in [9.17, 15) is 8.78 Å². The lowest BCUT2D eigenvalue weighted by molar-refractivity contribution is 0.500. The van der Waals surface area contributed by atoms with Crippen molar-refractivity contribution in [1.29, 1.82) is 0 Å². The van der Waals surface area contributed by atoms with Gasteiger partial charge in [0.15, 0.2) is 11.6 Å². The summed E-state index contributed by atoms with van der Waals surface area (Å²) >= 11 is 11.9. The first-order chi connectivity index (χ1) is 9.47. The minimum Gasteiger partial charge on any atom is -0.306 e. The number of hydrogen-bond donors (Lipinski definition) is 1. The Morgan fingerprint density at radius 1 is 1.05 bits per heavy atom. The van der Waals surface area contributed by atoms with E-state index in [-0.39, 0.29) is 6.04 Å². The highest BCUT2D eigenvalue weighted by Crippen LogP contribution is 2.22. The fourth-order valence-corrected chi connectivity index (χ4v) is 2.30. The zero-order valence-electron chi connectivity index (χ0n) is 10.8. The average molecular weight is 316 g/mol. The van der Waals surface area contributed by atoms with Crippen molar-refractivity contribution in [2.75, 3.05) is 0 Å². The second kappa shape index (κ2) is 6.53. The molecule has 20 heavy (non-hydrogen) atoms. The molecule has 0 saturated carbocycles. The monoisotopic (exact) mass is 315 g/mol. The third kappa shape index (κ3) is 3.69. The van der Waals surface area contributed by atoms with Gasteiger partial charge < -0.3 is 5.32 Å². The van der Waals surface area contributed by atoms with Crippen LogP contribution in [0.25, 0.3) is 0 Å². The van der Waals surface area contributed by atoms with E-state index in [1.807, 2.05) is 13.0 Å².